The minimum Gasteiger partial charge on any atom is -0.476 e. The van der Waals surface area contributed by atoms with Gasteiger partial charge in [-0.3, -0.25) is 4.79 Å². The Morgan fingerprint density at radius 3 is 2.12 bits per heavy atom. The molecule has 2 aromatic rings. The van der Waals surface area contributed by atoms with Crippen LogP contribution in [0.5, 0.6) is 5.75 Å². The highest BCUT2D eigenvalue weighted by Gasteiger charge is 2.32. The number of amides is 1. The Morgan fingerprint density at radius 2 is 1.54 bits per heavy atom. The van der Waals surface area contributed by atoms with Crippen molar-refractivity contribution in [3.63, 3.8) is 0 Å². The lowest BCUT2D eigenvalue weighted by molar-refractivity contribution is -0.161. The molecule has 5 nitrogen and oxygen atoms in total. The summed E-state index contributed by atoms with van der Waals surface area (Å²) in [6, 6.07) is 11.1. The molecule has 8 heteroatoms. The van der Waals surface area contributed by atoms with Crippen molar-refractivity contribution < 1.29 is 19.1 Å². The third-order valence-electron chi connectivity index (χ3n) is 3.16. The first kappa shape index (κ1) is 20.4. The van der Waals surface area contributed by atoms with Gasteiger partial charge in [-0.05, 0) is 56.3 Å². The van der Waals surface area contributed by atoms with Gasteiger partial charge in [-0.1, -0.05) is 34.8 Å². The number of hydrogen-bond donors (Lipinski definition) is 1. The normalized spacial score (nSPS) is 11.0. The predicted octanol–water partition coefficient (Wildman–Crippen LogP) is 4.99. The lowest BCUT2D eigenvalue weighted by Crippen LogP contribution is -2.41. The van der Waals surface area contributed by atoms with E-state index in [1.165, 1.54) is 18.2 Å². The summed E-state index contributed by atoms with van der Waals surface area (Å²) in [4.78, 5) is 24.1. The molecule has 0 aliphatic carbocycles. The first-order valence-corrected chi connectivity index (χ1v) is 8.67. The lowest BCUT2D eigenvalue weighted by atomic mass is 10.1. The summed E-state index contributed by atoms with van der Waals surface area (Å²) in [5.74, 6) is -0.764. The van der Waals surface area contributed by atoms with Gasteiger partial charge in [-0.15, -0.1) is 0 Å². The van der Waals surface area contributed by atoms with Crippen LogP contribution in [0, 0.1) is 0 Å². The molecular weight excluding hydrogens is 401 g/mol. The molecule has 0 radical (unpaired) electrons. The molecule has 2 aromatic carbocycles. The highest BCUT2D eigenvalue weighted by Crippen LogP contribution is 2.23. The third kappa shape index (κ3) is 6.09. The summed E-state index contributed by atoms with van der Waals surface area (Å²) in [6.07, 6.45) is 0. The number of rotatable bonds is 6. The van der Waals surface area contributed by atoms with Crippen LogP contribution >= 0.6 is 34.8 Å². The number of anilines is 1. The molecule has 0 unspecified atom stereocenters. The predicted molar refractivity (Wildman–Crippen MR) is 102 cm³/mol. The fourth-order valence-corrected chi connectivity index (χ4v) is 2.62. The smallest absolute Gasteiger partial charge is 0.350 e. The van der Waals surface area contributed by atoms with Crippen molar-refractivity contribution in [2.24, 2.45) is 0 Å². The van der Waals surface area contributed by atoms with Crippen LogP contribution < -0.4 is 10.1 Å². The van der Waals surface area contributed by atoms with Gasteiger partial charge in [0.1, 0.15) is 5.75 Å². The molecule has 1 amide bonds. The Bertz CT molecular complexity index is 786. The van der Waals surface area contributed by atoms with E-state index in [0.717, 1.165) is 0 Å². The van der Waals surface area contributed by atoms with Crippen LogP contribution in [0.2, 0.25) is 15.1 Å². The van der Waals surface area contributed by atoms with Crippen LogP contribution in [0.25, 0.3) is 0 Å². The Morgan fingerprint density at radius 1 is 0.962 bits per heavy atom. The standard InChI is InChI=1S/C18H16Cl3NO4/c1-18(2,26-15-5-3-11(19)4-6-15)17(24)25-10-16(23)22-14-8-12(20)7-13(21)9-14/h3-9H,10H2,1-2H3,(H,22,23). The third-order valence-corrected chi connectivity index (χ3v) is 3.85. The van der Waals surface area contributed by atoms with Crippen LogP contribution in [0.3, 0.4) is 0 Å². The van der Waals surface area contributed by atoms with E-state index < -0.39 is 24.1 Å². The molecule has 0 saturated heterocycles. The molecule has 0 bridgehead atoms. The van der Waals surface area contributed by atoms with Gasteiger partial charge in [0.15, 0.2) is 12.2 Å². The molecule has 0 spiro atoms. The van der Waals surface area contributed by atoms with E-state index in [0.29, 0.717) is 26.5 Å². The Balaban J connectivity index is 1.89. The Hall–Kier alpha value is -1.95. The van der Waals surface area contributed by atoms with Gasteiger partial charge >= 0.3 is 5.97 Å². The molecule has 0 saturated carbocycles. The van der Waals surface area contributed by atoms with Crippen LogP contribution in [0.4, 0.5) is 5.69 Å². The first-order chi connectivity index (χ1) is 12.2. The van der Waals surface area contributed by atoms with Crippen LogP contribution in [0.1, 0.15) is 13.8 Å². The van der Waals surface area contributed by atoms with Gasteiger partial charge in [0.05, 0.1) is 0 Å². The number of carbonyl (C=O) groups excluding carboxylic acids is 2. The topological polar surface area (TPSA) is 64.6 Å². The molecule has 0 aliphatic heterocycles. The van der Waals surface area contributed by atoms with E-state index in [4.69, 9.17) is 44.3 Å². The minimum absolute atomic E-state index is 0.377. The number of ether oxygens (including phenoxy) is 2. The van der Waals surface area contributed by atoms with E-state index >= 15 is 0 Å². The van der Waals surface area contributed by atoms with E-state index in [1.54, 1.807) is 38.1 Å². The highest BCUT2D eigenvalue weighted by molar-refractivity contribution is 6.35. The number of esters is 1. The van der Waals surface area contributed by atoms with Gasteiger partial charge in [0.25, 0.3) is 5.91 Å². The summed E-state index contributed by atoms with van der Waals surface area (Å²) in [5.41, 5.74) is -0.881. The summed E-state index contributed by atoms with van der Waals surface area (Å²) >= 11 is 17.5. The molecule has 0 aromatic heterocycles. The molecule has 0 aliphatic rings. The van der Waals surface area contributed by atoms with Crippen LogP contribution in [-0.4, -0.2) is 24.1 Å². The van der Waals surface area contributed by atoms with E-state index in [2.05, 4.69) is 5.32 Å². The van der Waals surface area contributed by atoms with Crippen molar-refractivity contribution >= 4 is 52.4 Å². The second kappa shape index (κ2) is 8.62. The van der Waals surface area contributed by atoms with Crippen molar-refractivity contribution in [2.75, 3.05) is 11.9 Å². The summed E-state index contributed by atoms with van der Waals surface area (Å²) in [5, 5.41) is 3.85. The van der Waals surface area contributed by atoms with Gasteiger partial charge in [0.2, 0.25) is 0 Å². The maximum absolute atomic E-state index is 12.2. The number of nitrogens with one attached hydrogen (secondary N) is 1. The second-order valence-electron chi connectivity index (χ2n) is 5.85. The van der Waals surface area contributed by atoms with Gasteiger partial charge in [-0.25, -0.2) is 4.79 Å². The molecule has 0 heterocycles. The van der Waals surface area contributed by atoms with Gasteiger partial charge in [0, 0.05) is 20.8 Å². The van der Waals surface area contributed by atoms with Crippen LogP contribution in [-0.2, 0) is 14.3 Å². The Labute approximate surface area is 166 Å². The fraction of sp³-hybridized carbons (Fsp3) is 0.222. The average molecular weight is 417 g/mol. The molecule has 26 heavy (non-hydrogen) atoms. The van der Waals surface area contributed by atoms with Gasteiger partial charge < -0.3 is 14.8 Å². The first-order valence-electron chi connectivity index (χ1n) is 7.53. The van der Waals surface area contributed by atoms with Crippen LogP contribution in [0.15, 0.2) is 42.5 Å². The van der Waals surface area contributed by atoms with E-state index in [9.17, 15) is 9.59 Å². The maximum atomic E-state index is 12.2. The number of carbonyl (C=O) groups is 2. The summed E-state index contributed by atoms with van der Waals surface area (Å²) in [6.45, 7) is 2.60. The molecule has 0 atom stereocenters. The van der Waals surface area contributed by atoms with E-state index in [-0.39, 0.29) is 0 Å². The quantitative estimate of drug-likeness (QED) is 0.674. The lowest BCUT2D eigenvalue weighted by Gasteiger charge is -2.24. The van der Waals surface area contributed by atoms with Crippen molar-refractivity contribution in [2.45, 2.75) is 19.4 Å². The number of benzene rings is 2. The second-order valence-corrected chi connectivity index (χ2v) is 7.16. The molecule has 1 N–H and O–H groups in total. The summed E-state index contributed by atoms with van der Waals surface area (Å²) in [7, 11) is 0. The SMILES string of the molecule is CC(C)(Oc1ccc(Cl)cc1)C(=O)OCC(=O)Nc1cc(Cl)cc(Cl)c1. The fourth-order valence-electron chi connectivity index (χ4n) is 1.97. The number of halogens is 3. The van der Waals surface area contributed by atoms with Crippen molar-refractivity contribution in [1.29, 1.82) is 0 Å². The average Bonchev–Trinajstić information content (AvgIpc) is 2.53. The minimum atomic E-state index is -1.28. The van der Waals surface area contributed by atoms with Crippen molar-refractivity contribution in [1.82, 2.24) is 0 Å². The monoisotopic (exact) mass is 415 g/mol. The van der Waals surface area contributed by atoms with E-state index in [1.807, 2.05) is 0 Å². The zero-order valence-electron chi connectivity index (χ0n) is 14.0. The zero-order valence-corrected chi connectivity index (χ0v) is 16.3. The van der Waals surface area contributed by atoms with Crippen molar-refractivity contribution in [3.8, 4) is 5.75 Å². The molecule has 0 fully saturated rings. The zero-order chi connectivity index (χ0) is 19.3. The summed E-state index contributed by atoms with van der Waals surface area (Å²) < 4.78 is 10.6. The number of hydrogen-bond acceptors (Lipinski definition) is 4. The van der Waals surface area contributed by atoms with Crippen molar-refractivity contribution in [3.05, 3.63) is 57.5 Å². The Kier molecular flexibility index (Phi) is 6.75. The van der Waals surface area contributed by atoms with Gasteiger partial charge in [-0.2, -0.15) is 0 Å². The largest absolute Gasteiger partial charge is 0.476 e. The maximum Gasteiger partial charge on any atom is 0.350 e. The molecule has 138 valence electrons. The molecule has 2 rings (SSSR count). The molecular formula is C18H16Cl3NO4. The highest BCUT2D eigenvalue weighted by atomic mass is 35.5.